The van der Waals surface area contributed by atoms with Crippen LogP contribution >= 0.6 is 0 Å². The lowest BCUT2D eigenvalue weighted by Crippen LogP contribution is -2.39. The Bertz CT molecular complexity index is 1070. The highest BCUT2D eigenvalue weighted by Crippen LogP contribution is 2.19. The number of aromatic amines is 1. The number of nitrogens with one attached hydrogen (secondary N) is 1. The van der Waals surface area contributed by atoms with Gasteiger partial charge in [0.25, 0.3) is 5.56 Å². The quantitative estimate of drug-likeness (QED) is 0.511. The van der Waals surface area contributed by atoms with E-state index in [9.17, 15) is 9.59 Å². The number of aromatic nitrogens is 5. The van der Waals surface area contributed by atoms with Crippen molar-refractivity contribution in [2.75, 3.05) is 30.9 Å². The molecular weight excluding hydrogens is 386 g/mol. The van der Waals surface area contributed by atoms with E-state index in [2.05, 4.69) is 15.2 Å². The summed E-state index contributed by atoms with van der Waals surface area (Å²) in [5, 5.41) is 8.81. The van der Waals surface area contributed by atoms with Gasteiger partial charge in [-0.1, -0.05) is 31.5 Å². The van der Waals surface area contributed by atoms with Crippen LogP contribution in [0.1, 0.15) is 25.5 Å². The van der Waals surface area contributed by atoms with Crippen molar-refractivity contribution in [3.05, 3.63) is 63.1 Å². The van der Waals surface area contributed by atoms with Gasteiger partial charge in [0, 0.05) is 20.2 Å². The van der Waals surface area contributed by atoms with Gasteiger partial charge in [0.15, 0.2) is 0 Å². The molecule has 0 saturated carbocycles. The van der Waals surface area contributed by atoms with Crippen LogP contribution in [0.3, 0.4) is 0 Å². The van der Waals surface area contributed by atoms with Gasteiger partial charge in [0.1, 0.15) is 17.2 Å². The molecule has 0 amide bonds. The SMILES string of the molecule is CCCCn1c(N)c(N(CCOC)Cc2cnn(-c3ccccc3)n2)c(=O)[nH]c1=O. The minimum Gasteiger partial charge on any atom is -0.383 e. The Morgan fingerprint density at radius 1 is 1.23 bits per heavy atom. The monoisotopic (exact) mass is 413 g/mol. The molecule has 10 heteroatoms. The van der Waals surface area contributed by atoms with Gasteiger partial charge in [-0.05, 0) is 18.6 Å². The maximum atomic E-state index is 12.6. The second kappa shape index (κ2) is 9.88. The second-order valence-corrected chi connectivity index (χ2v) is 6.87. The van der Waals surface area contributed by atoms with Crippen molar-refractivity contribution in [3.63, 3.8) is 0 Å². The normalized spacial score (nSPS) is 11.0. The smallest absolute Gasteiger partial charge is 0.330 e. The van der Waals surface area contributed by atoms with Gasteiger partial charge in [0.05, 0.1) is 25.0 Å². The number of benzene rings is 1. The van der Waals surface area contributed by atoms with Crippen LogP contribution in [0.25, 0.3) is 5.69 Å². The molecule has 3 N–H and O–H groups in total. The van der Waals surface area contributed by atoms with Gasteiger partial charge in [-0.3, -0.25) is 14.3 Å². The van der Waals surface area contributed by atoms with Crippen molar-refractivity contribution in [1.29, 1.82) is 0 Å². The Morgan fingerprint density at radius 3 is 2.70 bits per heavy atom. The first-order valence-electron chi connectivity index (χ1n) is 9.88. The van der Waals surface area contributed by atoms with E-state index in [1.165, 1.54) is 9.36 Å². The summed E-state index contributed by atoms with van der Waals surface area (Å²) < 4.78 is 6.60. The van der Waals surface area contributed by atoms with E-state index in [0.717, 1.165) is 18.5 Å². The number of methoxy groups -OCH3 is 1. The van der Waals surface area contributed by atoms with Gasteiger partial charge in [-0.15, -0.1) is 0 Å². The number of anilines is 2. The van der Waals surface area contributed by atoms with Crippen molar-refractivity contribution in [1.82, 2.24) is 24.5 Å². The summed E-state index contributed by atoms with van der Waals surface area (Å²) in [4.78, 5) is 30.5. The highest BCUT2D eigenvalue weighted by atomic mass is 16.5. The van der Waals surface area contributed by atoms with Crippen LogP contribution in [0.15, 0.2) is 46.1 Å². The number of ether oxygens (including phenoxy) is 1. The molecule has 160 valence electrons. The Kier molecular flexibility index (Phi) is 7.02. The fraction of sp³-hybridized carbons (Fsp3) is 0.400. The summed E-state index contributed by atoms with van der Waals surface area (Å²) in [6.07, 6.45) is 3.32. The van der Waals surface area contributed by atoms with Crippen molar-refractivity contribution < 1.29 is 4.74 Å². The minimum atomic E-state index is -0.531. The molecular formula is C20H27N7O3. The van der Waals surface area contributed by atoms with Gasteiger partial charge >= 0.3 is 5.69 Å². The number of hydrogen-bond acceptors (Lipinski definition) is 7. The maximum absolute atomic E-state index is 12.6. The van der Waals surface area contributed by atoms with E-state index in [1.54, 1.807) is 18.2 Å². The molecule has 3 aromatic rings. The number of nitrogen functional groups attached to an aromatic ring is 1. The van der Waals surface area contributed by atoms with E-state index < -0.39 is 11.2 Å². The van der Waals surface area contributed by atoms with Crippen molar-refractivity contribution in [2.24, 2.45) is 0 Å². The predicted octanol–water partition coefficient (Wildman–Crippen LogP) is 1.15. The van der Waals surface area contributed by atoms with Gasteiger partial charge in [-0.25, -0.2) is 4.79 Å². The molecule has 0 aliphatic carbocycles. The lowest BCUT2D eigenvalue weighted by Gasteiger charge is -2.25. The van der Waals surface area contributed by atoms with Crippen LogP contribution in [0.2, 0.25) is 0 Å². The van der Waals surface area contributed by atoms with E-state index >= 15 is 0 Å². The van der Waals surface area contributed by atoms with Gasteiger partial charge in [0.2, 0.25) is 0 Å². The number of rotatable bonds is 10. The molecule has 3 rings (SSSR count). The number of H-pyrrole nitrogens is 1. The molecule has 0 spiro atoms. The zero-order valence-electron chi connectivity index (χ0n) is 17.2. The minimum absolute atomic E-state index is 0.142. The first-order valence-corrected chi connectivity index (χ1v) is 9.88. The van der Waals surface area contributed by atoms with Crippen molar-refractivity contribution in [2.45, 2.75) is 32.9 Å². The molecule has 30 heavy (non-hydrogen) atoms. The Hall–Kier alpha value is -3.40. The molecule has 0 radical (unpaired) electrons. The number of para-hydroxylation sites is 1. The fourth-order valence-electron chi connectivity index (χ4n) is 3.14. The maximum Gasteiger partial charge on any atom is 0.330 e. The average molecular weight is 413 g/mol. The molecule has 2 aromatic heterocycles. The van der Waals surface area contributed by atoms with E-state index in [0.29, 0.717) is 25.4 Å². The summed E-state index contributed by atoms with van der Waals surface area (Å²) in [5.41, 5.74) is 6.95. The lowest BCUT2D eigenvalue weighted by atomic mass is 10.3. The first-order chi connectivity index (χ1) is 14.5. The highest BCUT2D eigenvalue weighted by Gasteiger charge is 2.20. The van der Waals surface area contributed by atoms with E-state index in [-0.39, 0.29) is 18.1 Å². The van der Waals surface area contributed by atoms with Gasteiger partial charge in [-0.2, -0.15) is 15.0 Å². The van der Waals surface area contributed by atoms with Crippen LogP contribution < -0.4 is 21.9 Å². The second-order valence-electron chi connectivity index (χ2n) is 6.87. The van der Waals surface area contributed by atoms with Crippen molar-refractivity contribution >= 4 is 11.5 Å². The third-order valence-corrected chi connectivity index (χ3v) is 4.71. The summed E-state index contributed by atoms with van der Waals surface area (Å²) in [6, 6.07) is 9.53. The number of unbranched alkanes of at least 4 members (excludes halogenated alkanes) is 1. The molecule has 0 aliphatic rings. The standard InChI is InChI=1S/C20H27N7O3/c1-3-4-10-26-18(21)17(19(28)23-20(26)29)25(11-12-30-2)14-15-13-22-27(24-15)16-8-6-5-7-9-16/h5-9,13H,3-4,10-12,14,21H2,1-2H3,(H,23,28,29). The van der Waals surface area contributed by atoms with Crippen LogP contribution in [-0.4, -0.2) is 44.8 Å². The largest absolute Gasteiger partial charge is 0.383 e. The van der Waals surface area contributed by atoms with Crippen LogP contribution in [0.5, 0.6) is 0 Å². The Labute approximate surface area is 173 Å². The van der Waals surface area contributed by atoms with Crippen LogP contribution in [-0.2, 0) is 17.8 Å². The molecule has 0 saturated heterocycles. The fourth-order valence-corrected chi connectivity index (χ4v) is 3.14. The topological polar surface area (TPSA) is 124 Å². The molecule has 0 aliphatic heterocycles. The highest BCUT2D eigenvalue weighted by molar-refractivity contribution is 5.62. The Morgan fingerprint density at radius 2 is 2.00 bits per heavy atom. The molecule has 0 bridgehead atoms. The molecule has 0 atom stereocenters. The summed E-state index contributed by atoms with van der Waals surface area (Å²) in [6.45, 7) is 3.52. The molecule has 0 unspecified atom stereocenters. The zero-order valence-corrected chi connectivity index (χ0v) is 17.2. The summed E-state index contributed by atoms with van der Waals surface area (Å²) in [7, 11) is 1.58. The number of hydrogen-bond donors (Lipinski definition) is 2. The van der Waals surface area contributed by atoms with Crippen LogP contribution in [0.4, 0.5) is 11.5 Å². The van der Waals surface area contributed by atoms with Gasteiger partial charge < -0.3 is 15.4 Å². The third kappa shape index (κ3) is 4.77. The first kappa shape index (κ1) is 21.3. The molecule has 0 fully saturated rings. The summed E-state index contributed by atoms with van der Waals surface area (Å²) in [5.74, 6) is 0.142. The molecule has 10 nitrogen and oxygen atoms in total. The summed E-state index contributed by atoms with van der Waals surface area (Å²) >= 11 is 0. The van der Waals surface area contributed by atoms with Crippen molar-refractivity contribution in [3.8, 4) is 5.69 Å². The number of nitrogens with two attached hydrogens (primary N) is 1. The Balaban J connectivity index is 1.94. The average Bonchev–Trinajstić information content (AvgIpc) is 3.20. The third-order valence-electron chi connectivity index (χ3n) is 4.71. The van der Waals surface area contributed by atoms with Crippen LogP contribution in [0, 0.1) is 0 Å². The zero-order chi connectivity index (χ0) is 21.5. The molecule has 1 aromatic carbocycles. The predicted molar refractivity (Wildman–Crippen MR) is 115 cm³/mol. The van der Waals surface area contributed by atoms with E-state index in [1.807, 2.05) is 37.3 Å². The molecule has 2 heterocycles. The number of nitrogens with zero attached hydrogens (tertiary/aromatic N) is 5. The lowest BCUT2D eigenvalue weighted by molar-refractivity contribution is 0.205. The van der Waals surface area contributed by atoms with E-state index in [4.69, 9.17) is 10.5 Å².